The molecule has 0 unspecified atom stereocenters. The predicted octanol–water partition coefficient (Wildman–Crippen LogP) is 0.804. The van der Waals surface area contributed by atoms with Crippen LogP contribution in [-0.2, 0) is 21.2 Å². The van der Waals surface area contributed by atoms with Gasteiger partial charge < -0.3 is 10.4 Å². The Labute approximate surface area is 132 Å². The number of rotatable bonds is 9. The highest BCUT2D eigenvalue weighted by Crippen LogP contribution is 2.12. The van der Waals surface area contributed by atoms with Crippen molar-refractivity contribution in [3.8, 4) is 0 Å². The van der Waals surface area contributed by atoms with E-state index >= 15 is 0 Å². The molecule has 0 aliphatic carbocycles. The highest BCUT2D eigenvalue weighted by Gasteiger charge is 2.14. The zero-order valence-corrected chi connectivity index (χ0v) is 13.8. The molecule has 0 saturated carbocycles. The van der Waals surface area contributed by atoms with E-state index in [0.717, 1.165) is 5.56 Å². The first-order valence-electron chi connectivity index (χ1n) is 7.34. The van der Waals surface area contributed by atoms with Crippen molar-refractivity contribution in [1.29, 1.82) is 0 Å². The zero-order valence-electron chi connectivity index (χ0n) is 13.0. The molecule has 124 valence electrons. The molecule has 7 heteroatoms. The first-order chi connectivity index (χ1) is 10.3. The van der Waals surface area contributed by atoms with E-state index in [1.807, 2.05) is 0 Å². The van der Waals surface area contributed by atoms with E-state index < -0.39 is 10.0 Å². The van der Waals surface area contributed by atoms with Crippen LogP contribution in [0.1, 0.15) is 32.3 Å². The number of aliphatic hydroxyl groups is 1. The lowest BCUT2D eigenvalue weighted by Gasteiger charge is -2.10. The van der Waals surface area contributed by atoms with Gasteiger partial charge in [-0.2, -0.15) is 0 Å². The number of carbonyl (C=O) groups excluding carboxylic acids is 1. The van der Waals surface area contributed by atoms with Crippen LogP contribution in [0.2, 0.25) is 0 Å². The van der Waals surface area contributed by atoms with Crippen LogP contribution in [0.4, 0.5) is 0 Å². The molecule has 0 aromatic heterocycles. The van der Waals surface area contributed by atoms with Crippen molar-refractivity contribution in [2.45, 2.75) is 44.0 Å². The van der Waals surface area contributed by atoms with Crippen LogP contribution in [0.15, 0.2) is 29.2 Å². The van der Waals surface area contributed by atoms with E-state index in [0.29, 0.717) is 25.8 Å². The number of benzene rings is 1. The van der Waals surface area contributed by atoms with Crippen molar-refractivity contribution in [2.75, 3.05) is 13.2 Å². The van der Waals surface area contributed by atoms with Gasteiger partial charge in [-0.1, -0.05) is 12.1 Å². The molecule has 6 nitrogen and oxygen atoms in total. The first-order valence-corrected chi connectivity index (χ1v) is 8.82. The predicted molar refractivity (Wildman–Crippen MR) is 84.9 cm³/mol. The molecule has 1 rings (SSSR count). The van der Waals surface area contributed by atoms with Gasteiger partial charge in [0, 0.05) is 25.6 Å². The van der Waals surface area contributed by atoms with Gasteiger partial charge in [0.05, 0.1) is 4.90 Å². The summed E-state index contributed by atoms with van der Waals surface area (Å²) in [5.74, 6) is -0.0772. The summed E-state index contributed by atoms with van der Waals surface area (Å²) >= 11 is 0. The fourth-order valence-electron chi connectivity index (χ4n) is 1.87. The lowest BCUT2D eigenvalue weighted by molar-refractivity contribution is -0.121. The molecule has 0 saturated heterocycles. The first kappa shape index (κ1) is 18.6. The van der Waals surface area contributed by atoms with Crippen molar-refractivity contribution in [3.05, 3.63) is 29.8 Å². The minimum absolute atomic E-state index is 0.0562. The van der Waals surface area contributed by atoms with Crippen LogP contribution in [0.25, 0.3) is 0 Å². The largest absolute Gasteiger partial charge is 0.396 e. The van der Waals surface area contributed by atoms with Gasteiger partial charge in [-0.25, -0.2) is 13.1 Å². The number of carbonyl (C=O) groups is 1. The molecule has 0 atom stereocenters. The Balaban J connectivity index is 2.53. The lowest BCUT2D eigenvalue weighted by atomic mass is 10.1. The smallest absolute Gasteiger partial charge is 0.240 e. The Bertz CT molecular complexity index is 568. The Kier molecular flexibility index (Phi) is 7.50. The molecule has 0 spiro atoms. The SMILES string of the molecule is CC(C)NS(=O)(=O)c1ccc(CCC(=O)NCCCO)cc1. The van der Waals surface area contributed by atoms with E-state index in [2.05, 4.69) is 10.0 Å². The Morgan fingerprint density at radius 2 is 1.86 bits per heavy atom. The highest BCUT2D eigenvalue weighted by molar-refractivity contribution is 7.89. The summed E-state index contributed by atoms with van der Waals surface area (Å²) in [6.07, 6.45) is 1.42. The van der Waals surface area contributed by atoms with E-state index in [9.17, 15) is 13.2 Å². The van der Waals surface area contributed by atoms with E-state index in [4.69, 9.17) is 5.11 Å². The third-order valence-electron chi connectivity index (χ3n) is 2.92. The van der Waals surface area contributed by atoms with Crippen LogP contribution < -0.4 is 10.0 Å². The number of amides is 1. The molecule has 0 heterocycles. The lowest BCUT2D eigenvalue weighted by Crippen LogP contribution is -2.30. The summed E-state index contributed by atoms with van der Waals surface area (Å²) in [7, 11) is -3.48. The van der Waals surface area contributed by atoms with Crippen molar-refractivity contribution in [2.24, 2.45) is 0 Å². The second-order valence-electron chi connectivity index (χ2n) is 5.35. The average molecular weight is 328 g/mol. The van der Waals surface area contributed by atoms with Gasteiger partial charge in [0.2, 0.25) is 15.9 Å². The van der Waals surface area contributed by atoms with Crippen molar-refractivity contribution < 1.29 is 18.3 Å². The summed E-state index contributed by atoms with van der Waals surface area (Å²) in [6.45, 7) is 4.05. The van der Waals surface area contributed by atoms with Crippen molar-refractivity contribution in [3.63, 3.8) is 0 Å². The summed E-state index contributed by atoms with van der Waals surface area (Å²) < 4.78 is 26.5. The van der Waals surface area contributed by atoms with Crippen molar-refractivity contribution in [1.82, 2.24) is 10.0 Å². The van der Waals surface area contributed by atoms with E-state index in [-0.39, 0.29) is 23.5 Å². The molecule has 0 bridgehead atoms. The Hall–Kier alpha value is -1.44. The van der Waals surface area contributed by atoms with Crippen LogP contribution in [0.3, 0.4) is 0 Å². The maximum Gasteiger partial charge on any atom is 0.240 e. The maximum atomic E-state index is 12.0. The number of hydrogen-bond acceptors (Lipinski definition) is 4. The van der Waals surface area contributed by atoms with Gasteiger partial charge in [0.25, 0.3) is 0 Å². The molecular formula is C15H24N2O4S. The molecule has 0 aliphatic heterocycles. The Morgan fingerprint density at radius 1 is 1.23 bits per heavy atom. The molecular weight excluding hydrogens is 304 g/mol. The molecule has 0 aliphatic rings. The van der Waals surface area contributed by atoms with Crippen LogP contribution in [0, 0.1) is 0 Å². The molecule has 1 aromatic carbocycles. The molecule has 0 fully saturated rings. The second-order valence-corrected chi connectivity index (χ2v) is 7.06. The minimum atomic E-state index is -3.48. The van der Waals surface area contributed by atoms with E-state index in [1.54, 1.807) is 38.1 Å². The standard InChI is InChI=1S/C15H24N2O4S/c1-12(2)17-22(20,21)14-7-4-13(5-8-14)6-9-15(19)16-10-3-11-18/h4-5,7-8,12,17-18H,3,6,9-11H2,1-2H3,(H,16,19). The number of aliphatic hydroxyl groups excluding tert-OH is 1. The van der Waals surface area contributed by atoms with Crippen LogP contribution in [-0.4, -0.2) is 38.6 Å². The Morgan fingerprint density at radius 3 is 2.41 bits per heavy atom. The molecule has 3 N–H and O–H groups in total. The normalized spacial score (nSPS) is 11.6. The third kappa shape index (κ3) is 6.55. The van der Waals surface area contributed by atoms with Gasteiger partial charge in [-0.3, -0.25) is 4.79 Å². The summed E-state index contributed by atoms with van der Waals surface area (Å²) in [5.41, 5.74) is 0.904. The van der Waals surface area contributed by atoms with Crippen molar-refractivity contribution >= 4 is 15.9 Å². The summed E-state index contributed by atoms with van der Waals surface area (Å²) in [4.78, 5) is 11.8. The molecule has 0 radical (unpaired) electrons. The van der Waals surface area contributed by atoms with Gasteiger partial charge in [-0.05, 0) is 44.4 Å². The van der Waals surface area contributed by atoms with Gasteiger partial charge in [-0.15, -0.1) is 0 Å². The number of sulfonamides is 1. The second kappa shape index (κ2) is 8.87. The summed E-state index contributed by atoms with van der Waals surface area (Å²) in [6, 6.07) is 6.37. The quantitative estimate of drug-likeness (QED) is 0.584. The van der Waals surface area contributed by atoms with Gasteiger partial charge in [0.15, 0.2) is 0 Å². The zero-order chi connectivity index (χ0) is 16.6. The monoisotopic (exact) mass is 328 g/mol. The molecule has 1 aromatic rings. The number of nitrogens with one attached hydrogen (secondary N) is 2. The fraction of sp³-hybridized carbons (Fsp3) is 0.533. The number of hydrogen-bond donors (Lipinski definition) is 3. The van der Waals surface area contributed by atoms with Gasteiger partial charge in [0.1, 0.15) is 0 Å². The molecule has 22 heavy (non-hydrogen) atoms. The fourth-order valence-corrected chi connectivity index (χ4v) is 3.12. The van der Waals surface area contributed by atoms with E-state index in [1.165, 1.54) is 0 Å². The minimum Gasteiger partial charge on any atom is -0.396 e. The topological polar surface area (TPSA) is 95.5 Å². The number of aryl methyl sites for hydroxylation is 1. The molecule has 1 amide bonds. The highest BCUT2D eigenvalue weighted by atomic mass is 32.2. The van der Waals surface area contributed by atoms with Crippen LogP contribution in [0.5, 0.6) is 0 Å². The van der Waals surface area contributed by atoms with Gasteiger partial charge >= 0.3 is 0 Å². The van der Waals surface area contributed by atoms with Crippen LogP contribution >= 0.6 is 0 Å². The maximum absolute atomic E-state index is 12.0. The summed E-state index contributed by atoms with van der Waals surface area (Å²) in [5, 5.41) is 11.3. The third-order valence-corrected chi connectivity index (χ3v) is 4.60. The average Bonchev–Trinajstić information content (AvgIpc) is 2.44.